The Morgan fingerprint density at radius 3 is 2.90 bits per heavy atom. The van der Waals surface area contributed by atoms with Crippen molar-refractivity contribution >= 4 is 0 Å². The zero-order valence-corrected chi connectivity index (χ0v) is 11.8. The van der Waals surface area contributed by atoms with E-state index in [1.165, 1.54) is 12.8 Å². The minimum absolute atomic E-state index is 0.157. The summed E-state index contributed by atoms with van der Waals surface area (Å²) in [5, 5.41) is 4.10. The number of nitrogens with zero attached hydrogens (tertiary/aromatic N) is 3. The lowest BCUT2D eigenvalue weighted by Crippen LogP contribution is -2.38. The molecule has 106 valence electrons. The Labute approximate surface area is 118 Å². The second-order valence-electron chi connectivity index (χ2n) is 5.64. The van der Waals surface area contributed by atoms with Gasteiger partial charge >= 0.3 is 0 Å². The van der Waals surface area contributed by atoms with E-state index in [1.807, 2.05) is 12.3 Å². The molecule has 20 heavy (non-hydrogen) atoms. The van der Waals surface area contributed by atoms with Gasteiger partial charge in [0, 0.05) is 29.9 Å². The molecule has 5 nitrogen and oxygen atoms in total. The van der Waals surface area contributed by atoms with Gasteiger partial charge < -0.3 is 10.3 Å². The number of hydrogen-bond acceptors (Lipinski definition) is 5. The number of aromatic nitrogens is 3. The van der Waals surface area contributed by atoms with E-state index in [-0.39, 0.29) is 5.54 Å². The van der Waals surface area contributed by atoms with E-state index >= 15 is 0 Å². The quantitative estimate of drug-likeness (QED) is 0.925. The van der Waals surface area contributed by atoms with Gasteiger partial charge in [0.2, 0.25) is 11.7 Å². The molecule has 0 bridgehead atoms. The second-order valence-corrected chi connectivity index (χ2v) is 5.64. The summed E-state index contributed by atoms with van der Waals surface area (Å²) in [6.45, 7) is 2.09. The van der Waals surface area contributed by atoms with Crippen molar-refractivity contribution in [2.75, 3.05) is 0 Å². The van der Waals surface area contributed by atoms with Gasteiger partial charge in [0.15, 0.2) is 0 Å². The molecule has 0 spiro atoms. The van der Waals surface area contributed by atoms with E-state index < -0.39 is 0 Å². The third-order valence-electron chi connectivity index (χ3n) is 4.10. The van der Waals surface area contributed by atoms with Gasteiger partial charge in [0.05, 0.1) is 0 Å². The molecule has 0 unspecified atom stereocenters. The molecular formula is C15H20N4O. The van der Waals surface area contributed by atoms with Crippen LogP contribution in [0.15, 0.2) is 23.0 Å². The molecule has 0 amide bonds. The summed E-state index contributed by atoms with van der Waals surface area (Å²) in [5.41, 5.74) is 8.32. The lowest BCUT2D eigenvalue weighted by molar-refractivity contribution is 0.329. The van der Waals surface area contributed by atoms with Crippen molar-refractivity contribution in [2.45, 2.75) is 51.0 Å². The zero-order chi connectivity index (χ0) is 14.0. The zero-order valence-electron chi connectivity index (χ0n) is 11.8. The summed E-state index contributed by atoms with van der Waals surface area (Å²) in [6.07, 6.45) is 9.66. The highest BCUT2D eigenvalue weighted by molar-refractivity contribution is 5.58. The van der Waals surface area contributed by atoms with Crippen molar-refractivity contribution in [1.82, 2.24) is 15.1 Å². The summed E-state index contributed by atoms with van der Waals surface area (Å²) >= 11 is 0. The van der Waals surface area contributed by atoms with Crippen LogP contribution in [0.5, 0.6) is 0 Å². The van der Waals surface area contributed by atoms with Crippen molar-refractivity contribution in [3.63, 3.8) is 0 Å². The highest BCUT2D eigenvalue weighted by Gasteiger charge is 2.31. The standard InChI is InChI=1S/C15H20N4O/c1-2-11-10-17-8-5-12(11)14-18-13(20-19-14)9-15(16)6-3-4-7-15/h5,8,10H,2-4,6-7,9,16H2,1H3. The third kappa shape index (κ3) is 2.58. The largest absolute Gasteiger partial charge is 0.339 e. The Kier molecular flexibility index (Phi) is 3.53. The first kappa shape index (κ1) is 13.2. The van der Waals surface area contributed by atoms with E-state index in [1.54, 1.807) is 6.20 Å². The van der Waals surface area contributed by atoms with Crippen LogP contribution in [0.3, 0.4) is 0 Å². The van der Waals surface area contributed by atoms with E-state index in [2.05, 4.69) is 22.0 Å². The topological polar surface area (TPSA) is 77.8 Å². The number of hydrogen-bond donors (Lipinski definition) is 1. The molecule has 2 N–H and O–H groups in total. The summed E-state index contributed by atoms with van der Waals surface area (Å²) in [5.74, 6) is 1.28. The van der Waals surface area contributed by atoms with Gasteiger partial charge in [-0.1, -0.05) is 24.9 Å². The van der Waals surface area contributed by atoms with Crippen molar-refractivity contribution in [1.29, 1.82) is 0 Å². The van der Waals surface area contributed by atoms with E-state index in [4.69, 9.17) is 10.3 Å². The first-order valence-electron chi connectivity index (χ1n) is 7.25. The molecule has 1 aliphatic rings. The lowest BCUT2D eigenvalue weighted by atomic mass is 9.95. The van der Waals surface area contributed by atoms with Gasteiger partial charge in [-0.05, 0) is 30.9 Å². The number of pyridine rings is 1. The van der Waals surface area contributed by atoms with Crippen LogP contribution in [-0.2, 0) is 12.8 Å². The van der Waals surface area contributed by atoms with E-state index in [0.717, 1.165) is 30.4 Å². The van der Waals surface area contributed by atoms with Crippen LogP contribution in [0.1, 0.15) is 44.1 Å². The Morgan fingerprint density at radius 2 is 2.15 bits per heavy atom. The third-order valence-corrected chi connectivity index (χ3v) is 4.10. The maximum Gasteiger partial charge on any atom is 0.228 e. The molecule has 0 aliphatic heterocycles. The molecule has 0 atom stereocenters. The van der Waals surface area contributed by atoms with Crippen LogP contribution in [0, 0.1) is 0 Å². The molecule has 2 aromatic heterocycles. The Bertz CT molecular complexity index is 587. The van der Waals surface area contributed by atoms with E-state index in [9.17, 15) is 0 Å². The molecule has 3 rings (SSSR count). The Balaban J connectivity index is 1.83. The fourth-order valence-electron chi connectivity index (χ4n) is 2.92. The van der Waals surface area contributed by atoms with Crippen LogP contribution in [0.2, 0.25) is 0 Å². The first-order valence-corrected chi connectivity index (χ1v) is 7.25. The molecule has 0 aromatic carbocycles. The highest BCUT2D eigenvalue weighted by Crippen LogP contribution is 2.30. The molecule has 0 saturated heterocycles. The summed E-state index contributed by atoms with van der Waals surface area (Å²) in [7, 11) is 0. The van der Waals surface area contributed by atoms with Gasteiger partial charge in [-0.25, -0.2) is 0 Å². The van der Waals surface area contributed by atoms with Crippen molar-refractivity contribution in [2.24, 2.45) is 5.73 Å². The molecular weight excluding hydrogens is 252 g/mol. The minimum atomic E-state index is -0.157. The first-order chi connectivity index (χ1) is 9.70. The SMILES string of the molecule is CCc1cnccc1-c1noc(CC2(N)CCCC2)n1. The maximum absolute atomic E-state index is 6.36. The van der Waals surface area contributed by atoms with E-state index in [0.29, 0.717) is 18.1 Å². The van der Waals surface area contributed by atoms with Gasteiger partial charge in [0.25, 0.3) is 0 Å². The molecule has 5 heteroatoms. The van der Waals surface area contributed by atoms with Gasteiger partial charge in [-0.3, -0.25) is 4.98 Å². The Hall–Kier alpha value is -1.75. The average Bonchev–Trinajstić information content (AvgIpc) is 3.08. The normalized spacial score (nSPS) is 17.5. The predicted octanol–water partition coefficient (Wildman–Crippen LogP) is 2.51. The molecule has 1 saturated carbocycles. The molecule has 1 aliphatic carbocycles. The highest BCUT2D eigenvalue weighted by atomic mass is 16.5. The molecule has 0 radical (unpaired) electrons. The minimum Gasteiger partial charge on any atom is -0.339 e. The fourth-order valence-corrected chi connectivity index (χ4v) is 2.92. The van der Waals surface area contributed by atoms with Gasteiger partial charge in [-0.2, -0.15) is 4.98 Å². The van der Waals surface area contributed by atoms with Crippen molar-refractivity contribution in [3.05, 3.63) is 29.9 Å². The lowest BCUT2D eigenvalue weighted by Gasteiger charge is -2.20. The van der Waals surface area contributed by atoms with Gasteiger partial charge in [0.1, 0.15) is 0 Å². The molecule has 2 heterocycles. The maximum atomic E-state index is 6.36. The van der Waals surface area contributed by atoms with Crippen LogP contribution in [-0.4, -0.2) is 20.7 Å². The molecule has 1 fully saturated rings. The van der Waals surface area contributed by atoms with Crippen LogP contribution in [0.4, 0.5) is 0 Å². The van der Waals surface area contributed by atoms with Crippen LogP contribution >= 0.6 is 0 Å². The number of rotatable bonds is 4. The smallest absolute Gasteiger partial charge is 0.228 e. The fraction of sp³-hybridized carbons (Fsp3) is 0.533. The Morgan fingerprint density at radius 1 is 1.35 bits per heavy atom. The summed E-state index contributed by atoms with van der Waals surface area (Å²) < 4.78 is 5.38. The van der Waals surface area contributed by atoms with Crippen molar-refractivity contribution < 1.29 is 4.52 Å². The summed E-state index contributed by atoms with van der Waals surface area (Å²) in [6, 6.07) is 1.93. The predicted molar refractivity (Wildman–Crippen MR) is 76.0 cm³/mol. The monoisotopic (exact) mass is 272 g/mol. The van der Waals surface area contributed by atoms with Gasteiger partial charge in [-0.15, -0.1) is 0 Å². The van der Waals surface area contributed by atoms with Crippen LogP contribution < -0.4 is 5.73 Å². The molecule has 2 aromatic rings. The number of aryl methyl sites for hydroxylation is 1. The number of nitrogens with two attached hydrogens (primary N) is 1. The van der Waals surface area contributed by atoms with Crippen molar-refractivity contribution in [3.8, 4) is 11.4 Å². The summed E-state index contributed by atoms with van der Waals surface area (Å²) in [4.78, 5) is 8.65. The van der Waals surface area contributed by atoms with Crippen LogP contribution in [0.25, 0.3) is 11.4 Å². The second kappa shape index (κ2) is 5.32. The average molecular weight is 272 g/mol.